The van der Waals surface area contributed by atoms with E-state index in [0.29, 0.717) is 17.9 Å². The molecule has 132 valence electrons. The molecule has 7 heteroatoms. The van der Waals surface area contributed by atoms with Gasteiger partial charge in [0.15, 0.2) is 0 Å². The van der Waals surface area contributed by atoms with Crippen molar-refractivity contribution in [2.75, 3.05) is 25.6 Å². The van der Waals surface area contributed by atoms with Crippen LogP contribution in [0.15, 0.2) is 59.5 Å². The second kappa shape index (κ2) is 9.71. The summed E-state index contributed by atoms with van der Waals surface area (Å²) < 4.78 is 10.5. The molecule has 6 nitrogen and oxygen atoms in total. The largest absolute Gasteiger partial charge is 0.448 e. The number of ether oxygens (including phenoxy) is 2. The van der Waals surface area contributed by atoms with Gasteiger partial charge in [0, 0.05) is 23.3 Å². The lowest BCUT2D eigenvalue weighted by molar-refractivity contribution is 0.1000. The zero-order valence-electron chi connectivity index (χ0n) is 13.8. The van der Waals surface area contributed by atoms with Gasteiger partial charge in [0.25, 0.3) is 0 Å². The minimum absolute atomic E-state index is 0.0778. The van der Waals surface area contributed by atoms with Crippen molar-refractivity contribution >= 4 is 29.4 Å². The number of rotatable bonds is 8. The average Bonchev–Trinajstić information content (AvgIpc) is 2.61. The van der Waals surface area contributed by atoms with Crippen LogP contribution in [0.4, 0.5) is 10.5 Å². The molecule has 1 unspecified atom stereocenters. The lowest BCUT2D eigenvalue weighted by Crippen LogP contribution is -2.23. The summed E-state index contributed by atoms with van der Waals surface area (Å²) in [5, 5.41) is 2.58. The van der Waals surface area contributed by atoms with E-state index in [1.165, 1.54) is 11.8 Å². The summed E-state index contributed by atoms with van der Waals surface area (Å²) >= 11 is 1.50. The van der Waals surface area contributed by atoms with Gasteiger partial charge in [0.2, 0.25) is 5.91 Å². The fraction of sp³-hybridized carbons (Fsp3) is 0.222. The lowest BCUT2D eigenvalue weighted by Gasteiger charge is -2.16. The average molecular weight is 360 g/mol. The number of hydrogen-bond acceptors (Lipinski definition) is 5. The Morgan fingerprint density at radius 1 is 1.08 bits per heavy atom. The topological polar surface area (TPSA) is 90.7 Å². The molecule has 25 heavy (non-hydrogen) atoms. The molecule has 2 amide bonds. The summed E-state index contributed by atoms with van der Waals surface area (Å²) in [5.41, 5.74) is 6.35. The van der Waals surface area contributed by atoms with Gasteiger partial charge in [-0.3, -0.25) is 10.1 Å². The quantitative estimate of drug-likeness (QED) is 0.706. The van der Waals surface area contributed by atoms with Gasteiger partial charge in [0.05, 0.1) is 11.9 Å². The summed E-state index contributed by atoms with van der Waals surface area (Å²) in [6.45, 7) is 0.607. The molecular weight excluding hydrogens is 340 g/mol. The standard InChI is InChI=1S/C18H20N2O4S/c1-23-11-16(25-15-9-7-13(8-10-15)17(19)21)12-24-18(22)20-14-5-3-2-4-6-14/h2-10,16H,11-12H2,1H3,(H2,19,21)(H,20,22). The van der Waals surface area contributed by atoms with Crippen molar-refractivity contribution in [3.63, 3.8) is 0 Å². The molecule has 0 aromatic heterocycles. The molecule has 0 bridgehead atoms. The number of carbonyl (C=O) groups excluding carboxylic acids is 2. The predicted molar refractivity (Wildman–Crippen MR) is 97.9 cm³/mol. The van der Waals surface area contributed by atoms with Crippen LogP contribution in [0.3, 0.4) is 0 Å². The van der Waals surface area contributed by atoms with Gasteiger partial charge in [-0.05, 0) is 36.4 Å². The maximum atomic E-state index is 11.9. The van der Waals surface area contributed by atoms with Crippen LogP contribution >= 0.6 is 11.8 Å². The summed E-state index contributed by atoms with van der Waals surface area (Å²) in [5.74, 6) is -0.467. The first-order valence-corrected chi connectivity index (χ1v) is 8.50. The Morgan fingerprint density at radius 2 is 1.76 bits per heavy atom. The number of benzene rings is 2. The molecule has 3 N–H and O–H groups in total. The van der Waals surface area contributed by atoms with E-state index in [4.69, 9.17) is 15.2 Å². The number of carbonyl (C=O) groups is 2. The minimum atomic E-state index is -0.517. The van der Waals surface area contributed by atoms with Gasteiger partial charge < -0.3 is 15.2 Å². The number of anilines is 1. The molecule has 1 atom stereocenters. The summed E-state index contributed by atoms with van der Waals surface area (Å²) in [4.78, 5) is 23.9. The number of methoxy groups -OCH3 is 1. The second-order valence-corrected chi connectivity index (χ2v) is 6.55. The van der Waals surface area contributed by atoms with Crippen LogP contribution in [-0.2, 0) is 9.47 Å². The molecule has 2 aromatic rings. The molecule has 0 saturated carbocycles. The number of para-hydroxylation sites is 1. The molecule has 0 spiro atoms. The zero-order valence-corrected chi connectivity index (χ0v) is 14.6. The van der Waals surface area contributed by atoms with E-state index in [1.807, 2.05) is 18.2 Å². The van der Waals surface area contributed by atoms with E-state index < -0.39 is 12.0 Å². The van der Waals surface area contributed by atoms with Crippen molar-refractivity contribution in [1.82, 2.24) is 0 Å². The first kappa shape index (κ1) is 18.8. The van der Waals surface area contributed by atoms with E-state index in [1.54, 1.807) is 43.5 Å². The normalized spacial score (nSPS) is 11.6. The van der Waals surface area contributed by atoms with Crippen LogP contribution in [0.25, 0.3) is 0 Å². The monoisotopic (exact) mass is 360 g/mol. The van der Waals surface area contributed by atoms with Gasteiger partial charge in [-0.15, -0.1) is 11.8 Å². The number of amides is 2. The fourth-order valence-corrected chi connectivity index (χ4v) is 3.05. The highest BCUT2D eigenvalue weighted by atomic mass is 32.2. The Balaban J connectivity index is 1.87. The van der Waals surface area contributed by atoms with Gasteiger partial charge in [0.1, 0.15) is 6.61 Å². The van der Waals surface area contributed by atoms with Crippen molar-refractivity contribution in [3.05, 3.63) is 60.2 Å². The Labute approximate surface area is 150 Å². The van der Waals surface area contributed by atoms with E-state index >= 15 is 0 Å². The van der Waals surface area contributed by atoms with Crippen molar-refractivity contribution in [2.24, 2.45) is 5.73 Å². The van der Waals surface area contributed by atoms with Gasteiger partial charge >= 0.3 is 6.09 Å². The number of nitrogens with one attached hydrogen (secondary N) is 1. The predicted octanol–water partition coefficient (Wildman–Crippen LogP) is 3.14. The molecule has 0 aliphatic carbocycles. The Morgan fingerprint density at radius 3 is 2.36 bits per heavy atom. The van der Waals surface area contributed by atoms with E-state index in [2.05, 4.69) is 5.32 Å². The highest BCUT2D eigenvalue weighted by Gasteiger charge is 2.14. The first-order valence-electron chi connectivity index (χ1n) is 7.63. The van der Waals surface area contributed by atoms with Crippen LogP contribution in [0.5, 0.6) is 0 Å². The first-order chi connectivity index (χ1) is 12.1. The molecule has 2 aromatic carbocycles. The number of hydrogen-bond donors (Lipinski definition) is 2. The smallest absolute Gasteiger partial charge is 0.411 e. The molecule has 0 aliphatic rings. The molecular formula is C18H20N2O4S. The van der Waals surface area contributed by atoms with Crippen molar-refractivity contribution in [1.29, 1.82) is 0 Å². The number of nitrogens with two attached hydrogens (primary N) is 1. The molecule has 0 aliphatic heterocycles. The highest BCUT2D eigenvalue weighted by Crippen LogP contribution is 2.24. The third kappa shape index (κ3) is 6.48. The van der Waals surface area contributed by atoms with Crippen LogP contribution < -0.4 is 11.1 Å². The lowest BCUT2D eigenvalue weighted by atomic mass is 10.2. The molecule has 0 saturated heterocycles. The summed E-state index contributed by atoms with van der Waals surface area (Å²) in [7, 11) is 1.59. The molecule has 0 radical (unpaired) electrons. The van der Waals surface area contributed by atoms with Gasteiger partial charge in [-0.2, -0.15) is 0 Å². The molecule has 0 fully saturated rings. The van der Waals surface area contributed by atoms with E-state index in [9.17, 15) is 9.59 Å². The highest BCUT2D eigenvalue weighted by molar-refractivity contribution is 8.00. The van der Waals surface area contributed by atoms with Crippen molar-refractivity contribution in [3.8, 4) is 0 Å². The number of thioether (sulfide) groups is 1. The van der Waals surface area contributed by atoms with Crippen LogP contribution in [0, 0.1) is 0 Å². The summed E-state index contributed by atoms with van der Waals surface area (Å²) in [6.07, 6.45) is -0.517. The third-order valence-electron chi connectivity index (χ3n) is 3.21. The fourth-order valence-electron chi connectivity index (χ4n) is 2.04. The maximum Gasteiger partial charge on any atom is 0.411 e. The minimum Gasteiger partial charge on any atom is -0.448 e. The van der Waals surface area contributed by atoms with Crippen LogP contribution in [-0.4, -0.2) is 37.6 Å². The third-order valence-corrected chi connectivity index (χ3v) is 4.36. The SMILES string of the molecule is COCC(COC(=O)Nc1ccccc1)Sc1ccc(C(N)=O)cc1. The second-order valence-electron chi connectivity index (χ2n) is 5.17. The van der Waals surface area contributed by atoms with Crippen LogP contribution in [0.2, 0.25) is 0 Å². The Bertz CT molecular complexity index is 692. The van der Waals surface area contributed by atoms with E-state index in [-0.39, 0.29) is 11.9 Å². The Kier molecular flexibility index (Phi) is 7.31. The van der Waals surface area contributed by atoms with Gasteiger partial charge in [-0.1, -0.05) is 18.2 Å². The number of primary amides is 1. The Hall–Kier alpha value is -2.51. The van der Waals surface area contributed by atoms with Gasteiger partial charge in [-0.25, -0.2) is 4.79 Å². The van der Waals surface area contributed by atoms with E-state index in [0.717, 1.165) is 4.90 Å². The zero-order chi connectivity index (χ0) is 18.1. The van der Waals surface area contributed by atoms with Crippen LogP contribution in [0.1, 0.15) is 10.4 Å². The summed E-state index contributed by atoms with van der Waals surface area (Å²) in [6, 6.07) is 16.0. The molecule has 2 rings (SSSR count). The maximum absolute atomic E-state index is 11.9. The van der Waals surface area contributed by atoms with Crippen molar-refractivity contribution in [2.45, 2.75) is 10.1 Å². The molecule has 0 heterocycles. The van der Waals surface area contributed by atoms with Crippen molar-refractivity contribution < 1.29 is 19.1 Å².